The van der Waals surface area contributed by atoms with Gasteiger partial charge in [0.1, 0.15) is 5.60 Å². The number of ketones is 1. The summed E-state index contributed by atoms with van der Waals surface area (Å²) in [5.74, 6) is 7.58. The van der Waals surface area contributed by atoms with Gasteiger partial charge in [0.2, 0.25) is 0 Å². The number of carbonyl (C=O) groups excluding carboxylic acids is 1. The third-order valence-electron chi connectivity index (χ3n) is 10.4. The Morgan fingerprint density at radius 2 is 1.68 bits per heavy atom. The highest BCUT2D eigenvalue weighted by Crippen LogP contribution is 2.66. The minimum Gasteiger partial charge on any atom is -0.378 e. The van der Waals surface area contributed by atoms with E-state index in [4.69, 9.17) is 0 Å². The number of hydrogen-bond acceptors (Lipinski definition) is 5. The molecule has 0 amide bonds. The molecule has 2 aromatic rings. The molecule has 0 aliphatic heterocycles. The van der Waals surface area contributed by atoms with E-state index >= 15 is 0 Å². The van der Waals surface area contributed by atoms with Gasteiger partial charge in [-0.1, -0.05) is 36.5 Å². The Labute approximate surface area is 244 Å². The molecular formula is C35H39NO4S. The molecule has 4 aliphatic carbocycles. The molecule has 0 saturated heterocycles. The molecule has 1 N–H and O–H groups in total. The van der Waals surface area contributed by atoms with Gasteiger partial charge < -0.3 is 10.0 Å². The third-order valence-corrected chi connectivity index (χ3v) is 11.5. The zero-order valence-corrected chi connectivity index (χ0v) is 25.2. The number of carbonyl (C=O) groups is 1. The molecule has 1 unspecified atom stereocenters. The van der Waals surface area contributed by atoms with Gasteiger partial charge in [-0.15, -0.1) is 0 Å². The van der Waals surface area contributed by atoms with Gasteiger partial charge in [0.05, 0.1) is 4.90 Å². The Kier molecular flexibility index (Phi) is 6.83. The highest BCUT2D eigenvalue weighted by atomic mass is 32.2. The monoisotopic (exact) mass is 569 g/mol. The summed E-state index contributed by atoms with van der Waals surface area (Å²) in [5, 5.41) is 12.3. The van der Waals surface area contributed by atoms with E-state index in [1.165, 1.54) is 28.5 Å². The SMILES string of the molecule is CN(C)c1ccc([C@H]2C[C@@]3(C)C(CC[C@@]3(O)C#Cc3ccc(S(C)(=O)=O)cc3)[C@@H]3CCC4=CC(=O)CCC4=C32)cc1. The maximum atomic E-state index is 12.3. The molecule has 6 rings (SSSR count). The lowest BCUT2D eigenvalue weighted by atomic mass is 9.51. The number of allylic oxidation sites excluding steroid dienone is 4. The second kappa shape index (κ2) is 10.00. The van der Waals surface area contributed by atoms with Crippen LogP contribution >= 0.6 is 0 Å². The summed E-state index contributed by atoms with van der Waals surface area (Å²) < 4.78 is 23.8. The summed E-state index contributed by atoms with van der Waals surface area (Å²) in [7, 11) is 0.815. The number of benzene rings is 2. The molecule has 5 atom stereocenters. The molecule has 0 bridgehead atoms. The molecule has 0 heterocycles. The van der Waals surface area contributed by atoms with Gasteiger partial charge in [0.25, 0.3) is 0 Å². The average Bonchev–Trinajstić information content (AvgIpc) is 3.21. The van der Waals surface area contributed by atoms with Crippen LogP contribution in [0, 0.1) is 29.1 Å². The van der Waals surface area contributed by atoms with Crippen LogP contribution in [0.2, 0.25) is 0 Å². The lowest BCUT2D eigenvalue weighted by Crippen LogP contribution is -2.51. The molecule has 2 aromatic carbocycles. The Bertz CT molecular complexity index is 1620. The summed E-state index contributed by atoms with van der Waals surface area (Å²) in [6.07, 6.45) is 8.75. The van der Waals surface area contributed by atoms with Gasteiger partial charge in [-0.05, 0) is 110 Å². The van der Waals surface area contributed by atoms with Crippen molar-refractivity contribution in [2.24, 2.45) is 17.3 Å². The van der Waals surface area contributed by atoms with Gasteiger partial charge in [0, 0.05) is 49.4 Å². The quantitative estimate of drug-likeness (QED) is 0.470. The van der Waals surface area contributed by atoms with Crippen LogP contribution in [0.4, 0.5) is 5.69 Å². The fourth-order valence-corrected chi connectivity index (χ4v) is 8.77. The lowest BCUT2D eigenvalue weighted by Gasteiger charge is -2.53. The lowest BCUT2D eigenvalue weighted by molar-refractivity contribution is -0.114. The predicted octanol–water partition coefficient (Wildman–Crippen LogP) is 5.84. The second-order valence-electron chi connectivity index (χ2n) is 12.9. The van der Waals surface area contributed by atoms with E-state index in [9.17, 15) is 18.3 Å². The number of nitrogens with zero attached hydrogens (tertiary/aromatic N) is 1. The zero-order chi connectivity index (χ0) is 29.2. The summed E-state index contributed by atoms with van der Waals surface area (Å²) in [5.41, 5.74) is 5.70. The number of sulfone groups is 1. The van der Waals surface area contributed by atoms with E-state index in [0.29, 0.717) is 30.2 Å². The third kappa shape index (κ3) is 4.77. The zero-order valence-electron chi connectivity index (χ0n) is 24.4. The van der Waals surface area contributed by atoms with E-state index in [0.717, 1.165) is 37.8 Å². The normalized spacial score (nSPS) is 30.9. The van der Waals surface area contributed by atoms with Crippen molar-refractivity contribution in [1.82, 2.24) is 0 Å². The molecule has 214 valence electrons. The van der Waals surface area contributed by atoms with E-state index in [1.807, 2.05) is 20.2 Å². The van der Waals surface area contributed by atoms with Crippen LogP contribution in [0.3, 0.4) is 0 Å². The molecule has 6 heteroatoms. The molecule has 0 radical (unpaired) electrons. The molecule has 0 spiro atoms. The molecule has 41 heavy (non-hydrogen) atoms. The molecule has 4 aliphatic rings. The summed E-state index contributed by atoms with van der Waals surface area (Å²) >= 11 is 0. The summed E-state index contributed by atoms with van der Waals surface area (Å²) in [4.78, 5) is 14.7. The van der Waals surface area contributed by atoms with Crippen molar-refractivity contribution in [2.75, 3.05) is 25.3 Å². The van der Waals surface area contributed by atoms with Crippen LogP contribution in [0.25, 0.3) is 0 Å². The minimum atomic E-state index is -3.28. The maximum absolute atomic E-state index is 12.3. The summed E-state index contributed by atoms with van der Waals surface area (Å²) in [6, 6.07) is 15.4. The van der Waals surface area contributed by atoms with Crippen LogP contribution in [0.15, 0.2) is 76.2 Å². The second-order valence-corrected chi connectivity index (χ2v) is 14.9. The van der Waals surface area contributed by atoms with Crippen LogP contribution in [-0.4, -0.2) is 45.3 Å². The fraction of sp³-hybridized carbons (Fsp3) is 0.457. The van der Waals surface area contributed by atoms with Crippen molar-refractivity contribution in [3.8, 4) is 11.8 Å². The smallest absolute Gasteiger partial charge is 0.175 e. The van der Waals surface area contributed by atoms with E-state index in [1.54, 1.807) is 24.3 Å². The standard InChI is InChI=1S/C35H39NO4S/c1-34-22-31(24-7-10-26(11-8-24)36(2)3)33-29-16-12-27(37)21-25(29)9-15-30(33)32(34)18-20-35(34,38)19-17-23-5-13-28(14-6-23)41(4,39)40/h5-8,10-11,13-14,21,30-32,38H,9,12,15-16,18,20,22H2,1-4H3/t30-,31+,32?,34-,35-/m0/s1. The van der Waals surface area contributed by atoms with E-state index in [-0.39, 0.29) is 16.6 Å². The predicted molar refractivity (Wildman–Crippen MR) is 162 cm³/mol. The molecule has 2 fully saturated rings. The first-order chi connectivity index (χ1) is 19.4. The topological polar surface area (TPSA) is 74.7 Å². The minimum absolute atomic E-state index is 0.157. The van der Waals surface area contributed by atoms with Gasteiger partial charge in [-0.3, -0.25) is 4.79 Å². The average molecular weight is 570 g/mol. The number of hydrogen-bond donors (Lipinski definition) is 1. The maximum Gasteiger partial charge on any atom is 0.175 e. The highest BCUT2D eigenvalue weighted by molar-refractivity contribution is 7.90. The van der Waals surface area contributed by atoms with Crippen molar-refractivity contribution < 1.29 is 18.3 Å². The number of rotatable bonds is 3. The first-order valence-corrected chi connectivity index (χ1v) is 16.6. The largest absolute Gasteiger partial charge is 0.378 e. The van der Waals surface area contributed by atoms with Crippen LogP contribution in [0.5, 0.6) is 0 Å². The Hall–Kier alpha value is -3.14. The first-order valence-electron chi connectivity index (χ1n) is 14.7. The van der Waals surface area contributed by atoms with Crippen LogP contribution in [0.1, 0.15) is 68.9 Å². The van der Waals surface area contributed by atoms with Crippen molar-refractivity contribution in [3.63, 3.8) is 0 Å². The Morgan fingerprint density at radius 3 is 2.34 bits per heavy atom. The van der Waals surface area contributed by atoms with E-state index in [2.05, 4.69) is 47.9 Å². The van der Waals surface area contributed by atoms with Crippen LogP contribution in [-0.2, 0) is 14.6 Å². The highest BCUT2D eigenvalue weighted by Gasteiger charge is 2.62. The van der Waals surface area contributed by atoms with E-state index < -0.39 is 20.9 Å². The molecule has 2 saturated carbocycles. The fourth-order valence-electron chi connectivity index (χ4n) is 8.14. The number of fused-ring (bicyclic) bond motifs is 4. The van der Waals surface area contributed by atoms with Crippen molar-refractivity contribution >= 4 is 21.3 Å². The summed E-state index contributed by atoms with van der Waals surface area (Å²) in [6.45, 7) is 2.24. The molecule has 0 aromatic heterocycles. The molecular weight excluding hydrogens is 530 g/mol. The van der Waals surface area contributed by atoms with Crippen molar-refractivity contribution in [1.29, 1.82) is 0 Å². The van der Waals surface area contributed by atoms with Gasteiger partial charge in [0.15, 0.2) is 15.6 Å². The van der Waals surface area contributed by atoms with Gasteiger partial charge in [-0.25, -0.2) is 8.42 Å². The van der Waals surface area contributed by atoms with Crippen molar-refractivity contribution in [2.45, 2.75) is 68.3 Å². The number of aliphatic hydroxyl groups is 1. The number of anilines is 1. The van der Waals surface area contributed by atoms with Gasteiger partial charge >= 0.3 is 0 Å². The first kappa shape index (κ1) is 28.0. The Morgan fingerprint density at radius 1 is 0.976 bits per heavy atom. The van der Waals surface area contributed by atoms with Gasteiger partial charge in [-0.2, -0.15) is 0 Å². The molecule has 5 nitrogen and oxygen atoms in total. The van der Waals surface area contributed by atoms with Crippen LogP contribution < -0.4 is 4.90 Å². The Balaban J connectivity index is 1.42. The van der Waals surface area contributed by atoms with Crippen molar-refractivity contribution in [3.05, 3.63) is 82.5 Å².